The van der Waals surface area contributed by atoms with Crippen LogP contribution in [0.15, 0.2) is 48.1 Å². The Morgan fingerprint density at radius 3 is 2.44 bits per heavy atom. The van der Waals surface area contributed by atoms with E-state index in [9.17, 15) is 20.1 Å². The first-order valence-corrected chi connectivity index (χ1v) is 16.5. The van der Waals surface area contributed by atoms with Crippen LogP contribution in [-0.4, -0.2) is 74.4 Å². The Morgan fingerprint density at radius 2 is 1.77 bits per heavy atom. The minimum Gasteiger partial charge on any atom is -0.393 e. The molecule has 2 saturated carbocycles. The lowest BCUT2D eigenvalue weighted by Gasteiger charge is -2.59. The average Bonchev–Trinajstić information content (AvgIpc) is 3.62. The molecule has 6 rings (SSSR count). The highest BCUT2D eigenvalue weighted by molar-refractivity contribution is 6.05. The normalized spacial score (nSPS) is 47.5. The first-order chi connectivity index (χ1) is 20.5. The van der Waals surface area contributed by atoms with E-state index in [4.69, 9.17) is 18.9 Å². The molecule has 0 aromatic carbocycles. The van der Waals surface area contributed by atoms with Crippen LogP contribution in [0.4, 0.5) is 0 Å². The molecular weight excluding hydrogens is 548 g/mol. The van der Waals surface area contributed by atoms with Gasteiger partial charge < -0.3 is 34.3 Å². The summed E-state index contributed by atoms with van der Waals surface area (Å²) in [6, 6.07) is 0. The first kappa shape index (κ1) is 31.3. The van der Waals surface area contributed by atoms with Crippen LogP contribution in [0.2, 0.25) is 0 Å². The summed E-state index contributed by atoms with van der Waals surface area (Å²) < 4.78 is 26.5. The SMILES string of the molecule is C=C(C)[C@]12C[C@@H](C)[C@@]34O[C@](/C=C\C=C\CCCCCCCCCC)(O[C@@H]1[C@@H]3[C@@H]1O[C@]1(CO)[C@@H](O)[C@]1(O)C(=O)C(C)=C[C@H]14)O2. The van der Waals surface area contributed by atoms with Crippen molar-refractivity contribution in [1.82, 2.24) is 0 Å². The van der Waals surface area contributed by atoms with Gasteiger partial charge in [-0.25, -0.2) is 0 Å². The van der Waals surface area contributed by atoms with E-state index >= 15 is 0 Å². The highest BCUT2D eigenvalue weighted by Gasteiger charge is 2.88. The van der Waals surface area contributed by atoms with Crippen LogP contribution in [0, 0.1) is 17.8 Å². The van der Waals surface area contributed by atoms with Gasteiger partial charge in [0.2, 0.25) is 0 Å². The van der Waals surface area contributed by atoms with Gasteiger partial charge in [-0.3, -0.25) is 4.79 Å². The quantitative estimate of drug-likeness (QED) is 0.120. The average molecular weight is 599 g/mol. The summed E-state index contributed by atoms with van der Waals surface area (Å²) >= 11 is 0. The van der Waals surface area contributed by atoms with Gasteiger partial charge in [-0.1, -0.05) is 89.7 Å². The van der Waals surface area contributed by atoms with Crippen LogP contribution in [0.3, 0.4) is 0 Å². The molecule has 8 heteroatoms. The number of hydrogen-bond acceptors (Lipinski definition) is 8. The zero-order chi connectivity index (χ0) is 30.8. The summed E-state index contributed by atoms with van der Waals surface area (Å²) in [7, 11) is 0. The molecule has 3 bridgehead atoms. The highest BCUT2D eigenvalue weighted by Crippen LogP contribution is 2.72. The topological polar surface area (TPSA) is 118 Å². The number of epoxide rings is 1. The standard InChI is InChI=1S/C35H50O8/c1-6-7-8-9-10-11-12-13-14-15-16-17-18-33-41-28-26-29-32(21-36,40-29)30(38)34(39)25(19-23(4)27(34)37)35(26,43-33)24(5)20-31(28,42-33)22(2)3/h15-19,24-26,28-30,36,38-39H,2,6-14,20-21H2,1,3-5H3/b16-15+,18-17-/t24-,25-,26-,28-,29+,30-,31-,32+,33-,34-,35+/m1/s1. The lowest BCUT2D eigenvalue weighted by Crippen LogP contribution is -2.72. The largest absolute Gasteiger partial charge is 0.393 e. The van der Waals surface area contributed by atoms with Gasteiger partial charge in [0.05, 0.1) is 12.2 Å². The van der Waals surface area contributed by atoms with E-state index in [2.05, 4.69) is 19.6 Å². The Kier molecular flexibility index (Phi) is 8.02. The second kappa shape index (κ2) is 11.0. The lowest BCUT2D eigenvalue weighted by atomic mass is 9.54. The van der Waals surface area contributed by atoms with Gasteiger partial charge in [-0.2, -0.15) is 0 Å². The molecule has 8 nitrogen and oxygen atoms in total. The number of ketones is 1. The summed E-state index contributed by atoms with van der Waals surface area (Å²) in [5.41, 5.74) is -4.66. The van der Waals surface area contributed by atoms with Gasteiger partial charge in [0, 0.05) is 17.9 Å². The van der Waals surface area contributed by atoms with Crippen molar-refractivity contribution in [3.05, 3.63) is 48.1 Å². The first-order valence-electron chi connectivity index (χ1n) is 16.5. The van der Waals surface area contributed by atoms with E-state index in [1.807, 2.05) is 26.0 Å². The number of carbonyl (C=O) groups is 1. The van der Waals surface area contributed by atoms with E-state index in [1.165, 1.54) is 44.9 Å². The van der Waals surface area contributed by atoms with E-state index < -0.39 is 70.9 Å². The van der Waals surface area contributed by atoms with Gasteiger partial charge in [-0.05, 0) is 50.2 Å². The molecule has 0 unspecified atom stereocenters. The van der Waals surface area contributed by atoms with Crippen LogP contribution in [0.1, 0.15) is 91.9 Å². The molecule has 0 radical (unpaired) electrons. The molecule has 0 aromatic rings. The Labute approximate surface area is 255 Å². The van der Waals surface area contributed by atoms with Crippen molar-refractivity contribution in [2.75, 3.05) is 6.61 Å². The van der Waals surface area contributed by atoms with Gasteiger partial charge in [0.25, 0.3) is 0 Å². The fourth-order valence-corrected chi connectivity index (χ4v) is 9.16. The number of fused-ring (bicyclic) bond motifs is 3. The molecule has 3 heterocycles. The van der Waals surface area contributed by atoms with Crippen molar-refractivity contribution >= 4 is 5.78 Å². The van der Waals surface area contributed by atoms with Crippen LogP contribution >= 0.6 is 0 Å². The highest BCUT2D eigenvalue weighted by atomic mass is 16.9. The van der Waals surface area contributed by atoms with E-state index in [0.717, 1.165) is 18.4 Å². The van der Waals surface area contributed by atoms with Crippen LogP contribution < -0.4 is 0 Å². The molecule has 0 amide bonds. The third-order valence-electron chi connectivity index (χ3n) is 11.4. The van der Waals surface area contributed by atoms with Crippen molar-refractivity contribution in [2.24, 2.45) is 17.8 Å². The third-order valence-corrected chi connectivity index (χ3v) is 11.4. The Morgan fingerprint density at radius 1 is 1.07 bits per heavy atom. The summed E-state index contributed by atoms with van der Waals surface area (Å²) in [6.45, 7) is 11.6. The number of ether oxygens (including phenoxy) is 4. The fourth-order valence-electron chi connectivity index (χ4n) is 9.16. The summed E-state index contributed by atoms with van der Waals surface area (Å²) in [4.78, 5) is 13.6. The minimum atomic E-state index is -2.22. The summed E-state index contributed by atoms with van der Waals surface area (Å²) in [5.74, 6) is -3.80. The van der Waals surface area contributed by atoms with Crippen molar-refractivity contribution < 1.29 is 39.1 Å². The van der Waals surface area contributed by atoms with E-state index in [0.29, 0.717) is 12.0 Å². The number of hydrogen-bond donors (Lipinski definition) is 3. The zero-order valence-corrected chi connectivity index (χ0v) is 26.2. The van der Waals surface area contributed by atoms with Crippen molar-refractivity contribution in [2.45, 2.75) is 139 Å². The van der Waals surface area contributed by atoms with E-state index in [1.54, 1.807) is 19.1 Å². The van der Waals surface area contributed by atoms with Crippen LogP contribution in [0.5, 0.6) is 0 Å². The number of rotatable bonds is 13. The molecule has 238 valence electrons. The van der Waals surface area contributed by atoms with Crippen molar-refractivity contribution in [3.8, 4) is 0 Å². The fraction of sp³-hybridized carbons (Fsp3) is 0.743. The smallest absolute Gasteiger partial charge is 0.306 e. The maximum absolute atomic E-state index is 13.6. The zero-order valence-electron chi connectivity index (χ0n) is 26.2. The molecule has 3 aliphatic carbocycles. The molecule has 43 heavy (non-hydrogen) atoms. The van der Waals surface area contributed by atoms with Crippen molar-refractivity contribution in [3.63, 3.8) is 0 Å². The Balaban J connectivity index is 1.27. The maximum Gasteiger partial charge on any atom is 0.306 e. The van der Waals surface area contributed by atoms with Gasteiger partial charge in [-0.15, -0.1) is 0 Å². The predicted octanol–water partition coefficient (Wildman–Crippen LogP) is 4.82. The molecule has 0 aromatic heterocycles. The molecular formula is C35H50O8. The number of aliphatic hydroxyl groups excluding tert-OH is 2. The molecule has 0 spiro atoms. The van der Waals surface area contributed by atoms with Gasteiger partial charge in [0.15, 0.2) is 11.4 Å². The molecule has 3 N–H and O–H groups in total. The van der Waals surface area contributed by atoms with Gasteiger partial charge in [0.1, 0.15) is 29.5 Å². The molecule has 5 fully saturated rings. The molecule has 3 aliphatic heterocycles. The van der Waals surface area contributed by atoms with Crippen LogP contribution in [0.25, 0.3) is 0 Å². The minimum absolute atomic E-state index is 0.237. The Hall–Kier alpha value is -1.65. The maximum atomic E-state index is 13.6. The second-order valence-corrected chi connectivity index (χ2v) is 14.1. The molecule has 3 saturated heterocycles. The van der Waals surface area contributed by atoms with E-state index in [-0.39, 0.29) is 5.92 Å². The predicted molar refractivity (Wildman–Crippen MR) is 161 cm³/mol. The van der Waals surface area contributed by atoms with Crippen molar-refractivity contribution in [1.29, 1.82) is 0 Å². The second-order valence-electron chi connectivity index (χ2n) is 14.1. The monoisotopic (exact) mass is 598 g/mol. The summed E-state index contributed by atoms with van der Waals surface area (Å²) in [5, 5.41) is 34.2. The third kappa shape index (κ3) is 4.31. The number of carbonyl (C=O) groups excluding carboxylic acids is 1. The molecule has 11 atom stereocenters. The number of aliphatic hydroxyl groups is 3. The van der Waals surface area contributed by atoms with Crippen LogP contribution in [-0.2, 0) is 23.7 Å². The number of unbranched alkanes of at least 4 members (excludes halogenated alkanes) is 8. The van der Waals surface area contributed by atoms with Gasteiger partial charge >= 0.3 is 5.97 Å². The Bertz CT molecular complexity index is 1220. The number of allylic oxidation sites excluding steroid dienone is 3. The number of Topliss-reactive ketones (excluding diaryl/α,β-unsaturated/α-hetero) is 1. The molecule has 6 aliphatic rings. The lowest BCUT2D eigenvalue weighted by molar-refractivity contribution is -0.406. The summed E-state index contributed by atoms with van der Waals surface area (Å²) in [6.07, 6.45) is 18.3.